The van der Waals surface area contributed by atoms with E-state index in [9.17, 15) is 5.11 Å². The number of hydrogen-bond donors (Lipinski definition) is 1. The minimum absolute atomic E-state index is 0.0312. The molecule has 3 unspecified atom stereocenters. The van der Waals surface area contributed by atoms with Gasteiger partial charge in [-0.2, -0.15) is 0 Å². The summed E-state index contributed by atoms with van der Waals surface area (Å²) in [7, 11) is 1.64. The molecule has 3 aliphatic rings. The van der Waals surface area contributed by atoms with Crippen LogP contribution in [0, 0.1) is 24.2 Å². The average Bonchev–Trinajstić information content (AvgIpc) is 2.76. The Hall–Kier alpha value is -2.39. The highest BCUT2D eigenvalue weighted by atomic mass is 16.5. The van der Waals surface area contributed by atoms with Crippen molar-refractivity contribution in [1.82, 2.24) is 9.88 Å². The van der Waals surface area contributed by atoms with E-state index < -0.39 is 6.10 Å². The molecule has 3 saturated heterocycles. The van der Waals surface area contributed by atoms with Crippen LogP contribution in [-0.4, -0.2) is 53.9 Å². The Morgan fingerprint density at radius 1 is 1.43 bits per heavy atom. The third-order valence-electron chi connectivity index (χ3n) is 6.22. The van der Waals surface area contributed by atoms with Gasteiger partial charge in [-0.1, -0.05) is 12.0 Å². The summed E-state index contributed by atoms with van der Waals surface area (Å²) >= 11 is 0. The summed E-state index contributed by atoms with van der Waals surface area (Å²) in [5, 5.41) is 12.3. The van der Waals surface area contributed by atoms with E-state index in [4.69, 9.17) is 15.9 Å². The summed E-state index contributed by atoms with van der Waals surface area (Å²) in [4.78, 5) is 6.76. The summed E-state index contributed by atoms with van der Waals surface area (Å²) in [6.07, 6.45) is 9.47. The number of piperidine rings is 3. The molecule has 0 radical (unpaired) electrons. The zero-order valence-corrected chi connectivity index (χ0v) is 16.1. The van der Waals surface area contributed by atoms with Crippen molar-refractivity contribution < 1.29 is 14.6 Å². The number of rotatable bonds is 6. The van der Waals surface area contributed by atoms with Gasteiger partial charge in [-0.15, -0.1) is 13.0 Å². The summed E-state index contributed by atoms with van der Waals surface area (Å²) in [6, 6.07) is 7.70. The van der Waals surface area contributed by atoms with Gasteiger partial charge in [0, 0.05) is 30.7 Å². The first-order valence-corrected chi connectivity index (χ1v) is 9.68. The molecule has 0 saturated carbocycles. The van der Waals surface area contributed by atoms with Gasteiger partial charge < -0.3 is 14.6 Å². The first-order valence-electron chi connectivity index (χ1n) is 9.68. The standard InChI is InChI=1S/C23H26N2O3/c1-4-10-28-22-14-25-13-15(5-2)18(22)12-21(25)23(26)17-8-9-24-20-7-6-16(27-3)11-19(17)20/h1,5-9,11,15,18,21-23,26H,2,10,12-14H2,3H3/t15-,18?,21-,22?,23+/m0/s1. The Bertz CT molecular complexity index is 906. The van der Waals surface area contributed by atoms with Gasteiger partial charge in [-0.05, 0) is 48.1 Å². The van der Waals surface area contributed by atoms with Crippen LogP contribution in [0.1, 0.15) is 18.1 Å². The summed E-state index contributed by atoms with van der Waals surface area (Å²) in [6.45, 7) is 5.99. The highest BCUT2D eigenvalue weighted by molar-refractivity contribution is 5.83. The number of pyridine rings is 1. The monoisotopic (exact) mass is 378 g/mol. The molecule has 0 amide bonds. The Morgan fingerprint density at radius 2 is 2.29 bits per heavy atom. The van der Waals surface area contributed by atoms with E-state index in [0.717, 1.165) is 41.7 Å². The Labute approximate surface area is 166 Å². The molecule has 3 fully saturated rings. The lowest BCUT2D eigenvalue weighted by Gasteiger charge is -2.53. The fourth-order valence-electron chi connectivity index (χ4n) is 4.80. The van der Waals surface area contributed by atoms with E-state index >= 15 is 0 Å². The smallest absolute Gasteiger partial charge is 0.119 e. The fourth-order valence-corrected chi connectivity index (χ4v) is 4.80. The molecule has 28 heavy (non-hydrogen) atoms. The molecule has 0 aliphatic carbocycles. The lowest BCUT2D eigenvalue weighted by atomic mass is 9.72. The Balaban J connectivity index is 1.63. The van der Waals surface area contributed by atoms with Crippen LogP contribution in [0.2, 0.25) is 0 Å². The molecule has 4 heterocycles. The maximum absolute atomic E-state index is 11.3. The zero-order valence-electron chi connectivity index (χ0n) is 16.1. The van der Waals surface area contributed by atoms with E-state index in [1.54, 1.807) is 13.3 Å². The van der Waals surface area contributed by atoms with Gasteiger partial charge in [0.15, 0.2) is 0 Å². The lowest BCUT2D eigenvalue weighted by molar-refractivity contribution is -0.126. The van der Waals surface area contributed by atoms with Gasteiger partial charge in [0.1, 0.15) is 12.4 Å². The van der Waals surface area contributed by atoms with Crippen LogP contribution in [0.4, 0.5) is 0 Å². The van der Waals surface area contributed by atoms with Gasteiger partial charge in [0.2, 0.25) is 0 Å². The number of aromatic nitrogens is 1. The number of benzene rings is 1. The van der Waals surface area contributed by atoms with Crippen LogP contribution < -0.4 is 4.74 Å². The van der Waals surface area contributed by atoms with Gasteiger partial charge in [-0.25, -0.2) is 0 Å². The van der Waals surface area contributed by atoms with Crippen molar-refractivity contribution in [1.29, 1.82) is 0 Å². The van der Waals surface area contributed by atoms with Crippen molar-refractivity contribution >= 4 is 10.9 Å². The predicted molar refractivity (Wildman–Crippen MR) is 109 cm³/mol. The van der Waals surface area contributed by atoms with E-state index in [2.05, 4.69) is 22.4 Å². The first kappa shape index (κ1) is 18.9. The van der Waals surface area contributed by atoms with Gasteiger partial charge >= 0.3 is 0 Å². The van der Waals surface area contributed by atoms with Gasteiger partial charge in [0.25, 0.3) is 0 Å². The van der Waals surface area contributed by atoms with Crippen LogP contribution >= 0.6 is 0 Å². The minimum atomic E-state index is -0.612. The van der Waals surface area contributed by atoms with Crippen LogP contribution in [-0.2, 0) is 4.74 Å². The van der Waals surface area contributed by atoms with E-state index in [-0.39, 0.29) is 12.1 Å². The topological polar surface area (TPSA) is 54.8 Å². The molecule has 2 aromatic rings. The van der Waals surface area contributed by atoms with Crippen molar-refractivity contribution in [2.24, 2.45) is 11.8 Å². The molecule has 5 nitrogen and oxygen atoms in total. The lowest BCUT2D eigenvalue weighted by Crippen LogP contribution is -2.61. The normalized spacial score (nSPS) is 30.0. The van der Waals surface area contributed by atoms with Crippen molar-refractivity contribution in [3.8, 4) is 18.1 Å². The van der Waals surface area contributed by atoms with Crippen molar-refractivity contribution in [2.45, 2.75) is 24.7 Å². The molecule has 2 bridgehead atoms. The number of aliphatic hydroxyl groups excluding tert-OH is 1. The number of hydrogen-bond acceptors (Lipinski definition) is 5. The fraction of sp³-hybridized carbons (Fsp3) is 0.435. The molecule has 1 aromatic carbocycles. The molecule has 1 N–H and O–H groups in total. The number of terminal acetylenes is 1. The van der Waals surface area contributed by atoms with Crippen molar-refractivity contribution in [3.63, 3.8) is 0 Å². The first-order chi connectivity index (χ1) is 13.7. The van der Waals surface area contributed by atoms with E-state index in [0.29, 0.717) is 18.4 Å². The third-order valence-corrected chi connectivity index (χ3v) is 6.22. The predicted octanol–water partition coefficient (Wildman–Crippen LogP) is 2.80. The molecule has 1 aromatic heterocycles. The Kier molecular flexibility index (Phi) is 5.36. The molecular weight excluding hydrogens is 352 g/mol. The van der Waals surface area contributed by atoms with Crippen molar-refractivity contribution in [2.75, 3.05) is 26.8 Å². The highest BCUT2D eigenvalue weighted by Gasteiger charge is 2.47. The van der Waals surface area contributed by atoms with E-state index in [1.165, 1.54) is 0 Å². The maximum Gasteiger partial charge on any atom is 0.119 e. The second-order valence-electron chi connectivity index (χ2n) is 7.60. The maximum atomic E-state index is 11.3. The Morgan fingerprint density at radius 3 is 3.00 bits per heavy atom. The molecule has 6 atom stereocenters. The van der Waals surface area contributed by atoms with Crippen LogP contribution in [0.15, 0.2) is 43.1 Å². The number of fused-ring (bicyclic) bond motifs is 4. The molecule has 5 rings (SSSR count). The number of aliphatic hydroxyl groups is 1. The SMILES string of the molecule is C#CCOC1CN2C[C@H](C=C)C1C[C@H]2[C@H](O)c1ccnc2ccc(OC)cc12. The van der Waals surface area contributed by atoms with Crippen LogP contribution in [0.5, 0.6) is 5.75 Å². The second kappa shape index (κ2) is 7.92. The highest BCUT2D eigenvalue weighted by Crippen LogP contribution is 2.43. The molecular formula is C23H26N2O3. The van der Waals surface area contributed by atoms with Gasteiger partial charge in [0.05, 0.1) is 24.8 Å². The summed E-state index contributed by atoms with van der Waals surface area (Å²) in [5.41, 5.74) is 1.74. The van der Waals surface area contributed by atoms with Crippen LogP contribution in [0.25, 0.3) is 10.9 Å². The van der Waals surface area contributed by atoms with Gasteiger partial charge in [-0.3, -0.25) is 9.88 Å². The largest absolute Gasteiger partial charge is 0.497 e. The second-order valence-corrected chi connectivity index (χ2v) is 7.60. The summed E-state index contributed by atoms with van der Waals surface area (Å²) in [5.74, 6) is 4.00. The molecule has 0 spiro atoms. The number of nitrogens with zero attached hydrogens (tertiary/aromatic N) is 2. The average molecular weight is 378 g/mol. The molecule has 5 heteroatoms. The molecule has 146 valence electrons. The van der Waals surface area contributed by atoms with Crippen molar-refractivity contribution in [3.05, 3.63) is 48.7 Å². The van der Waals surface area contributed by atoms with E-state index in [1.807, 2.05) is 30.3 Å². The quantitative estimate of drug-likeness (QED) is 0.619. The number of methoxy groups -OCH3 is 1. The number of ether oxygens (including phenoxy) is 2. The minimum Gasteiger partial charge on any atom is -0.497 e. The zero-order chi connectivity index (χ0) is 19.7. The third kappa shape index (κ3) is 3.29. The van der Waals surface area contributed by atoms with Crippen LogP contribution in [0.3, 0.4) is 0 Å². The molecule has 3 aliphatic heterocycles. The summed E-state index contributed by atoms with van der Waals surface area (Å²) < 4.78 is 11.3.